The molecule has 0 radical (unpaired) electrons. The van der Waals surface area contributed by atoms with Crippen molar-refractivity contribution >= 4 is 5.69 Å². The maximum absolute atomic E-state index is 3.59. The molecule has 2 fully saturated rings. The molecule has 0 aliphatic carbocycles. The van der Waals surface area contributed by atoms with Crippen molar-refractivity contribution in [2.75, 3.05) is 31.1 Å². The minimum Gasteiger partial charge on any atom is -0.370 e. The SMILES string of the molecule is CCc1cccc(CC)c1N1CC2CNCC(C2)C1. The molecule has 2 unspecified atom stereocenters. The summed E-state index contributed by atoms with van der Waals surface area (Å²) in [6.45, 7) is 9.47. The van der Waals surface area contributed by atoms with Crippen LogP contribution < -0.4 is 10.2 Å². The number of nitrogens with one attached hydrogen (secondary N) is 1. The van der Waals surface area contributed by atoms with Crippen molar-refractivity contribution in [1.29, 1.82) is 0 Å². The third-order valence-electron chi connectivity index (χ3n) is 4.77. The first-order valence-corrected chi connectivity index (χ1v) is 7.88. The van der Waals surface area contributed by atoms with E-state index in [4.69, 9.17) is 0 Å². The van der Waals surface area contributed by atoms with Gasteiger partial charge in [-0.15, -0.1) is 0 Å². The van der Waals surface area contributed by atoms with Crippen LogP contribution in [0.2, 0.25) is 0 Å². The van der Waals surface area contributed by atoms with Crippen molar-refractivity contribution in [3.8, 4) is 0 Å². The lowest BCUT2D eigenvalue weighted by atomic mass is 9.85. The number of hydrogen-bond acceptors (Lipinski definition) is 2. The summed E-state index contributed by atoms with van der Waals surface area (Å²) in [5.41, 5.74) is 4.63. The predicted molar refractivity (Wildman–Crippen MR) is 81.9 cm³/mol. The Labute approximate surface area is 117 Å². The van der Waals surface area contributed by atoms with E-state index in [1.54, 1.807) is 5.69 Å². The lowest BCUT2D eigenvalue weighted by Crippen LogP contribution is -2.51. The molecule has 0 amide bonds. The summed E-state index contributed by atoms with van der Waals surface area (Å²) in [5, 5.41) is 3.59. The zero-order valence-corrected chi connectivity index (χ0v) is 12.3. The van der Waals surface area contributed by atoms with Gasteiger partial charge in [0.05, 0.1) is 0 Å². The highest BCUT2D eigenvalue weighted by molar-refractivity contribution is 5.60. The van der Waals surface area contributed by atoms with Crippen LogP contribution in [0.15, 0.2) is 18.2 Å². The lowest BCUT2D eigenvalue weighted by molar-refractivity contribution is 0.249. The van der Waals surface area contributed by atoms with Gasteiger partial charge in [0.2, 0.25) is 0 Å². The average Bonchev–Trinajstić information content (AvgIpc) is 2.45. The zero-order chi connectivity index (χ0) is 13.2. The number of nitrogens with zero attached hydrogens (tertiary/aromatic N) is 1. The molecule has 2 heterocycles. The molecule has 1 N–H and O–H groups in total. The smallest absolute Gasteiger partial charge is 0.0431 e. The summed E-state index contributed by atoms with van der Waals surface area (Å²) in [6, 6.07) is 6.86. The van der Waals surface area contributed by atoms with Gasteiger partial charge in [-0.25, -0.2) is 0 Å². The van der Waals surface area contributed by atoms with Gasteiger partial charge in [-0.05, 0) is 55.3 Å². The first-order valence-electron chi connectivity index (χ1n) is 7.88. The molecule has 104 valence electrons. The molecule has 2 atom stereocenters. The molecular weight excluding hydrogens is 232 g/mol. The number of rotatable bonds is 3. The number of hydrogen-bond donors (Lipinski definition) is 1. The molecule has 2 aliphatic heterocycles. The number of piperidine rings is 2. The standard InChI is InChI=1S/C17H26N2/c1-3-15-6-5-7-16(4-2)17(15)19-11-13-8-14(12-19)10-18-9-13/h5-7,13-14,18H,3-4,8-12H2,1-2H3. The molecule has 0 aromatic heterocycles. The first-order chi connectivity index (χ1) is 9.31. The largest absolute Gasteiger partial charge is 0.370 e. The van der Waals surface area contributed by atoms with Gasteiger partial charge in [-0.1, -0.05) is 32.0 Å². The highest BCUT2D eigenvalue weighted by atomic mass is 15.2. The van der Waals surface area contributed by atoms with Crippen LogP contribution >= 0.6 is 0 Å². The van der Waals surface area contributed by atoms with Gasteiger partial charge in [0.1, 0.15) is 0 Å². The van der Waals surface area contributed by atoms with E-state index in [-0.39, 0.29) is 0 Å². The summed E-state index contributed by atoms with van der Waals surface area (Å²) in [7, 11) is 0. The Hall–Kier alpha value is -1.02. The molecule has 2 aliphatic rings. The molecule has 19 heavy (non-hydrogen) atoms. The van der Waals surface area contributed by atoms with Gasteiger partial charge < -0.3 is 10.2 Å². The molecule has 2 nitrogen and oxygen atoms in total. The van der Waals surface area contributed by atoms with E-state index < -0.39 is 0 Å². The Balaban J connectivity index is 1.92. The second-order valence-corrected chi connectivity index (χ2v) is 6.16. The number of benzene rings is 1. The van der Waals surface area contributed by atoms with Crippen molar-refractivity contribution in [2.45, 2.75) is 33.1 Å². The third-order valence-corrected chi connectivity index (χ3v) is 4.77. The second-order valence-electron chi connectivity index (χ2n) is 6.16. The van der Waals surface area contributed by atoms with Crippen LogP contribution in [0.3, 0.4) is 0 Å². The second kappa shape index (κ2) is 5.54. The predicted octanol–water partition coefficient (Wildman–Crippen LogP) is 2.86. The summed E-state index contributed by atoms with van der Waals surface area (Å²) in [6.07, 6.45) is 3.72. The Morgan fingerprint density at radius 2 is 1.63 bits per heavy atom. The molecular formula is C17H26N2. The number of aryl methyl sites for hydroxylation is 2. The minimum atomic E-state index is 0.849. The molecule has 0 saturated carbocycles. The lowest BCUT2D eigenvalue weighted by Gasteiger charge is -2.44. The molecule has 3 rings (SSSR count). The van der Waals surface area contributed by atoms with Gasteiger partial charge in [-0.2, -0.15) is 0 Å². The zero-order valence-electron chi connectivity index (χ0n) is 12.3. The van der Waals surface area contributed by atoms with Crippen LogP contribution in [-0.4, -0.2) is 26.2 Å². The van der Waals surface area contributed by atoms with Crippen LogP contribution in [0.25, 0.3) is 0 Å². The monoisotopic (exact) mass is 258 g/mol. The van der Waals surface area contributed by atoms with Gasteiger partial charge in [0.15, 0.2) is 0 Å². The van der Waals surface area contributed by atoms with Crippen LogP contribution in [0.1, 0.15) is 31.4 Å². The van der Waals surface area contributed by atoms with E-state index in [0.29, 0.717) is 0 Å². The number of anilines is 1. The van der Waals surface area contributed by atoms with Crippen molar-refractivity contribution < 1.29 is 0 Å². The van der Waals surface area contributed by atoms with Crippen LogP contribution in [-0.2, 0) is 12.8 Å². The van der Waals surface area contributed by atoms with Crippen LogP contribution in [0, 0.1) is 11.8 Å². The number of para-hydroxylation sites is 1. The number of fused-ring (bicyclic) bond motifs is 2. The summed E-state index contributed by atoms with van der Waals surface area (Å²) >= 11 is 0. The molecule has 1 aromatic rings. The summed E-state index contributed by atoms with van der Waals surface area (Å²) in [5.74, 6) is 1.70. The van der Waals surface area contributed by atoms with E-state index in [1.807, 2.05) is 0 Å². The highest BCUT2D eigenvalue weighted by Crippen LogP contribution is 2.33. The average molecular weight is 258 g/mol. The Morgan fingerprint density at radius 1 is 1.05 bits per heavy atom. The molecule has 2 bridgehead atoms. The molecule has 2 heteroatoms. The summed E-state index contributed by atoms with van der Waals surface area (Å²) in [4.78, 5) is 2.69. The summed E-state index contributed by atoms with van der Waals surface area (Å²) < 4.78 is 0. The molecule has 2 saturated heterocycles. The first kappa shape index (κ1) is 13.0. The highest BCUT2D eigenvalue weighted by Gasteiger charge is 2.31. The van der Waals surface area contributed by atoms with Crippen molar-refractivity contribution in [3.63, 3.8) is 0 Å². The Bertz CT molecular complexity index is 407. The van der Waals surface area contributed by atoms with E-state index in [1.165, 1.54) is 43.7 Å². The Kier molecular flexibility index (Phi) is 3.79. The molecule has 0 spiro atoms. The van der Waals surface area contributed by atoms with Crippen molar-refractivity contribution in [2.24, 2.45) is 11.8 Å². The van der Waals surface area contributed by atoms with Gasteiger partial charge in [0.25, 0.3) is 0 Å². The van der Waals surface area contributed by atoms with E-state index in [0.717, 1.165) is 24.7 Å². The van der Waals surface area contributed by atoms with Crippen LogP contribution in [0.5, 0.6) is 0 Å². The van der Waals surface area contributed by atoms with Crippen molar-refractivity contribution in [3.05, 3.63) is 29.3 Å². The van der Waals surface area contributed by atoms with Gasteiger partial charge >= 0.3 is 0 Å². The van der Waals surface area contributed by atoms with Crippen LogP contribution in [0.4, 0.5) is 5.69 Å². The fourth-order valence-electron chi connectivity index (χ4n) is 3.91. The molecule has 1 aromatic carbocycles. The van der Waals surface area contributed by atoms with Gasteiger partial charge in [-0.3, -0.25) is 0 Å². The van der Waals surface area contributed by atoms with Crippen molar-refractivity contribution in [1.82, 2.24) is 5.32 Å². The van der Waals surface area contributed by atoms with E-state index in [2.05, 4.69) is 42.3 Å². The fraction of sp³-hybridized carbons (Fsp3) is 0.647. The fourth-order valence-corrected chi connectivity index (χ4v) is 3.91. The quantitative estimate of drug-likeness (QED) is 0.897. The Morgan fingerprint density at radius 3 is 2.16 bits per heavy atom. The van der Waals surface area contributed by atoms with E-state index in [9.17, 15) is 0 Å². The topological polar surface area (TPSA) is 15.3 Å². The normalized spacial score (nSPS) is 26.5. The third kappa shape index (κ3) is 2.51. The van der Waals surface area contributed by atoms with E-state index >= 15 is 0 Å². The maximum atomic E-state index is 3.59. The maximum Gasteiger partial charge on any atom is 0.0431 e. The minimum absolute atomic E-state index is 0.849. The van der Waals surface area contributed by atoms with Gasteiger partial charge in [0, 0.05) is 18.8 Å².